The predicted octanol–water partition coefficient (Wildman–Crippen LogP) is 4.47. The maximum atomic E-state index is 12.3. The number of amides is 1. The number of aromatic carboxylic acids is 1. The van der Waals surface area contributed by atoms with E-state index in [4.69, 9.17) is 0 Å². The third-order valence-corrected chi connectivity index (χ3v) is 4.07. The minimum absolute atomic E-state index is 0.0347. The van der Waals surface area contributed by atoms with Gasteiger partial charge in [-0.1, -0.05) is 22.0 Å². The van der Waals surface area contributed by atoms with Crippen molar-refractivity contribution in [3.8, 4) is 0 Å². The Balaban J connectivity index is 2.38. The van der Waals surface area contributed by atoms with Crippen LogP contribution in [0.3, 0.4) is 0 Å². The van der Waals surface area contributed by atoms with Gasteiger partial charge in [0.1, 0.15) is 0 Å². The largest absolute Gasteiger partial charge is 0.478 e. The molecule has 0 fully saturated rings. The highest BCUT2D eigenvalue weighted by Gasteiger charge is 2.17. The normalized spacial score (nSPS) is 10.2. The van der Waals surface area contributed by atoms with Gasteiger partial charge in [0, 0.05) is 14.5 Å². The number of para-hydroxylation sites is 1. The van der Waals surface area contributed by atoms with Crippen LogP contribution in [0.5, 0.6) is 0 Å². The number of hydrogen-bond acceptors (Lipinski definition) is 2. The van der Waals surface area contributed by atoms with Crippen molar-refractivity contribution in [1.82, 2.24) is 0 Å². The molecule has 0 unspecified atom stereocenters. The van der Waals surface area contributed by atoms with Crippen LogP contribution in [0, 0.1) is 6.92 Å². The average molecular weight is 413 g/mol. The summed E-state index contributed by atoms with van der Waals surface area (Å²) < 4.78 is 1.40. The fraction of sp³-hybridized carbons (Fsp3) is 0.0667. The number of rotatable bonds is 3. The molecule has 0 aliphatic rings. The zero-order valence-corrected chi connectivity index (χ0v) is 14.2. The van der Waals surface area contributed by atoms with Gasteiger partial charge in [-0.2, -0.15) is 0 Å². The van der Waals surface area contributed by atoms with E-state index in [1.54, 1.807) is 24.3 Å². The zero-order chi connectivity index (χ0) is 15.6. The highest BCUT2D eigenvalue weighted by molar-refractivity contribution is 9.10. The summed E-state index contributed by atoms with van der Waals surface area (Å²) in [6, 6.07) is 10.0. The van der Waals surface area contributed by atoms with Crippen LogP contribution in [0.15, 0.2) is 45.3 Å². The molecule has 21 heavy (non-hydrogen) atoms. The summed E-state index contributed by atoms with van der Waals surface area (Å²) in [6.07, 6.45) is 0. The molecule has 0 aromatic heterocycles. The molecule has 0 saturated heterocycles. The molecule has 0 radical (unpaired) electrons. The van der Waals surface area contributed by atoms with Crippen molar-refractivity contribution < 1.29 is 14.7 Å². The van der Waals surface area contributed by atoms with Crippen molar-refractivity contribution >= 4 is 49.4 Å². The first kappa shape index (κ1) is 15.7. The fourth-order valence-corrected chi connectivity index (χ4v) is 2.83. The Kier molecular flexibility index (Phi) is 4.80. The van der Waals surface area contributed by atoms with Crippen molar-refractivity contribution in [3.63, 3.8) is 0 Å². The molecule has 108 valence electrons. The fourth-order valence-electron chi connectivity index (χ4n) is 1.89. The van der Waals surface area contributed by atoms with Crippen molar-refractivity contribution in [2.24, 2.45) is 0 Å². The topological polar surface area (TPSA) is 66.4 Å². The number of carboxylic acid groups (broad SMARTS) is 1. The Morgan fingerprint density at radius 2 is 1.81 bits per heavy atom. The average Bonchev–Trinajstić information content (AvgIpc) is 2.40. The molecule has 2 aromatic carbocycles. The Morgan fingerprint density at radius 1 is 1.10 bits per heavy atom. The van der Waals surface area contributed by atoms with E-state index in [-0.39, 0.29) is 17.2 Å². The number of halogens is 2. The first-order valence-electron chi connectivity index (χ1n) is 5.99. The molecular formula is C15H11Br2NO3. The van der Waals surface area contributed by atoms with Gasteiger partial charge >= 0.3 is 5.97 Å². The van der Waals surface area contributed by atoms with Crippen LogP contribution in [-0.4, -0.2) is 17.0 Å². The summed E-state index contributed by atoms with van der Waals surface area (Å²) in [4.78, 5) is 23.6. The molecular weight excluding hydrogens is 402 g/mol. The first-order valence-corrected chi connectivity index (χ1v) is 7.58. The SMILES string of the molecule is Cc1cc(Br)ccc1C(=O)Nc1c(Br)cccc1C(=O)O. The van der Waals surface area contributed by atoms with E-state index in [0.717, 1.165) is 10.0 Å². The minimum Gasteiger partial charge on any atom is -0.478 e. The molecule has 2 aromatic rings. The van der Waals surface area contributed by atoms with Gasteiger partial charge in [0.05, 0.1) is 11.3 Å². The Morgan fingerprint density at radius 3 is 2.43 bits per heavy atom. The molecule has 2 rings (SSSR count). The van der Waals surface area contributed by atoms with E-state index < -0.39 is 5.97 Å². The van der Waals surface area contributed by atoms with E-state index in [1.165, 1.54) is 6.07 Å². The number of nitrogens with one attached hydrogen (secondary N) is 1. The molecule has 1 amide bonds. The summed E-state index contributed by atoms with van der Waals surface area (Å²) in [5.41, 5.74) is 1.57. The van der Waals surface area contributed by atoms with Gasteiger partial charge in [-0.05, 0) is 58.7 Å². The van der Waals surface area contributed by atoms with Gasteiger partial charge in [-0.3, -0.25) is 4.79 Å². The lowest BCUT2D eigenvalue weighted by Crippen LogP contribution is -2.16. The van der Waals surface area contributed by atoms with Crippen molar-refractivity contribution in [1.29, 1.82) is 0 Å². The number of carboxylic acids is 1. The second-order valence-corrected chi connectivity index (χ2v) is 6.15. The molecule has 0 bridgehead atoms. The first-order chi connectivity index (χ1) is 9.90. The van der Waals surface area contributed by atoms with Crippen LogP contribution < -0.4 is 5.32 Å². The Bertz CT molecular complexity index is 729. The maximum absolute atomic E-state index is 12.3. The molecule has 6 heteroatoms. The second kappa shape index (κ2) is 6.41. The summed E-state index contributed by atoms with van der Waals surface area (Å²) in [5.74, 6) is -1.45. The molecule has 0 spiro atoms. The Hall–Kier alpha value is -1.66. The molecule has 2 N–H and O–H groups in total. The predicted molar refractivity (Wildman–Crippen MR) is 87.9 cm³/mol. The molecule has 0 atom stereocenters. The quantitative estimate of drug-likeness (QED) is 0.781. The smallest absolute Gasteiger partial charge is 0.337 e. The van der Waals surface area contributed by atoms with E-state index in [2.05, 4.69) is 37.2 Å². The van der Waals surface area contributed by atoms with Crippen LogP contribution in [0.1, 0.15) is 26.3 Å². The minimum atomic E-state index is -1.10. The highest BCUT2D eigenvalue weighted by atomic mass is 79.9. The van der Waals surface area contributed by atoms with E-state index >= 15 is 0 Å². The van der Waals surface area contributed by atoms with Gasteiger partial charge < -0.3 is 10.4 Å². The van der Waals surface area contributed by atoms with Crippen molar-refractivity contribution in [3.05, 3.63) is 62.0 Å². The lowest BCUT2D eigenvalue weighted by Gasteiger charge is -2.12. The van der Waals surface area contributed by atoms with Crippen molar-refractivity contribution in [2.75, 3.05) is 5.32 Å². The number of anilines is 1. The second-order valence-electron chi connectivity index (χ2n) is 4.38. The number of hydrogen-bond donors (Lipinski definition) is 2. The van der Waals surface area contributed by atoms with Gasteiger partial charge in [-0.25, -0.2) is 4.79 Å². The molecule has 0 saturated carbocycles. The molecule has 0 aliphatic carbocycles. The van der Waals surface area contributed by atoms with Gasteiger partial charge in [0.15, 0.2) is 0 Å². The highest BCUT2D eigenvalue weighted by Crippen LogP contribution is 2.27. The monoisotopic (exact) mass is 411 g/mol. The van der Waals surface area contributed by atoms with E-state index in [0.29, 0.717) is 10.0 Å². The lowest BCUT2D eigenvalue weighted by molar-refractivity contribution is 0.0698. The summed E-state index contributed by atoms with van der Waals surface area (Å²) >= 11 is 6.60. The van der Waals surface area contributed by atoms with Crippen LogP contribution >= 0.6 is 31.9 Å². The van der Waals surface area contributed by atoms with Crippen LogP contribution in [0.25, 0.3) is 0 Å². The Labute approximate surface area is 138 Å². The number of benzene rings is 2. The van der Waals surface area contributed by atoms with Crippen molar-refractivity contribution in [2.45, 2.75) is 6.92 Å². The third-order valence-electron chi connectivity index (χ3n) is 2.92. The summed E-state index contributed by atoms with van der Waals surface area (Å²) in [6.45, 7) is 1.82. The summed E-state index contributed by atoms with van der Waals surface area (Å²) in [7, 11) is 0. The van der Waals surface area contributed by atoms with E-state index in [9.17, 15) is 14.7 Å². The lowest BCUT2D eigenvalue weighted by atomic mass is 10.1. The maximum Gasteiger partial charge on any atom is 0.337 e. The molecule has 0 aliphatic heterocycles. The van der Waals surface area contributed by atoms with Gasteiger partial charge in [-0.15, -0.1) is 0 Å². The van der Waals surface area contributed by atoms with E-state index in [1.807, 2.05) is 13.0 Å². The number of aryl methyl sites for hydroxylation is 1. The number of carbonyl (C=O) groups excluding carboxylic acids is 1. The molecule has 0 heterocycles. The zero-order valence-electron chi connectivity index (χ0n) is 11.0. The van der Waals surface area contributed by atoms with Crippen LogP contribution in [-0.2, 0) is 0 Å². The standard InChI is InChI=1S/C15H11Br2NO3/c1-8-7-9(16)5-6-10(8)14(19)18-13-11(15(20)21)3-2-4-12(13)17/h2-7H,1H3,(H,18,19)(H,20,21). The third kappa shape index (κ3) is 3.51. The number of carbonyl (C=O) groups is 2. The van der Waals surface area contributed by atoms with Crippen LogP contribution in [0.2, 0.25) is 0 Å². The van der Waals surface area contributed by atoms with Crippen LogP contribution in [0.4, 0.5) is 5.69 Å². The van der Waals surface area contributed by atoms with Gasteiger partial charge in [0.2, 0.25) is 0 Å². The molecule has 4 nitrogen and oxygen atoms in total. The van der Waals surface area contributed by atoms with Gasteiger partial charge in [0.25, 0.3) is 5.91 Å². The summed E-state index contributed by atoms with van der Waals surface area (Å²) in [5, 5.41) is 11.8.